The third-order valence-corrected chi connectivity index (χ3v) is 5.85. The molecule has 8 heteroatoms. The average molecular weight is 367 g/mol. The molecule has 0 bridgehead atoms. The molecule has 0 fully saturated rings. The van der Waals surface area contributed by atoms with Gasteiger partial charge in [-0.3, -0.25) is 9.71 Å². The Labute approximate surface area is 149 Å². The Morgan fingerprint density at radius 2 is 2.28 bits per heavy atom. The van der Waals surface area contributed by atoms with Gasteiger partial charge in [-0.15, -0.1) is 0 Å². The molecule has 1 aromatic carbocycles. The number of hydrogen-bond donors (Lipinski definition) is 1. The number of fused-ring (bicyclic) bond motifs is 1. The summed E-state index contributed by atoms with van der Waals surface area (Å²) in [4.78, 5) is 6.47. The zero-order valence-electron chi connectivity index (χ0n) is 14.7. The van der Waals surface area contributed by atoms with Gasteiger partial charge < -0.3 is 14.4 Å². The first kappa shape index (κ1) is 17.8. The second-order valence-electron chi connectivity index (χ2n) is 6.25. The van der Waals surface area contributed by atoms with E-state index in [2.05, 4.69) is 14.6 Å². The van der Waals surface area contributed by atoms with Gasteiger partial charge in [0.1, 0.15) is 11.4 Å². The third kappa shape index (κ3) is 3.84. The van der Waals surface area contributed by atoms with E-state index in [0.717, 1.165) is 31.5 Å². The molecular weight excluding hydrogens is 342 g/mol. The number of hydrogen-bond acceptors (Lipinski definition) is 6. The van der Waals surface area contributed by atoms with E-state index in [0.29, 0.717) is 30.2 Å². The highest BCUT2D eigenvalue weighted by atomic mass is 32.2. The van der Waals surface area contributed by atoms with Gasteiger partial charge in [-0.1, -0.05) is 13.3 Å². The lowest BCUT2D eigenvalue weighted by Gasteiger charge is -2.33. The van der Waals surface area contributed by atoms with Gasteiger partial charge in [0.2, 0.25) is 10.0 Å². The summed E-state index contributed by atoms with van der Waals surface area (Å²) in [5.74, 6) is 1.11. The van der Waals surface area contributed by atoms with Gasteiger partial charge in [0.05, 0.1) is 38.4 Å². The van der Waals surface area contributed by atoms with Crippen LogP contribution in [0.15, 0.2) is 17.1 Å². The Morgan fingerprint density at radius 3 is 2.96 bits per heavy atom. The first-order chi connectivity index (χ1) is 12.1. The Kier molecular flexibility index (Phi) is 5.36. The molecule has 2 aliphatic rings. The Balaban J connectivity index is 1.97. The standard InChI is InChI=1S/C17H25N3O4S/c1-3-4-11-25(21,22)19-16-15(23-2)6-5-13-14(7-10-24-17(13)16)20-9-8-18-12-20/h5-6,12,14,19H,3-4,7-11H2,1-2H3. The molecule has 25 heavy (non-hydrogen) atoms. The molecule has 0 radical (unpaired) electrons. The highest BCUT2D eigenvalue weighted by Gasteiger charge is 2.31. The van der Waals surface area contributed by atoms with E-state index in [1.54, 1.807) is 6.07 Å². The molecule has 7 nitrogen and oxygen atoms in total. The summed E-state index contributed by atoms with van der Waals surface area (Å²) in [6, 6.07) is 3.89. The van der Waals surface area contributed by atoms with Crippen LogP contribution in [0.4, 0.5) is 5.69 Å². The molecule has 0 aliphatic carbocycles. The van der Waals surface area contributed by atoms with Crippen molar-refractivity contribution in [3.05, 3.63) is 17.7 Å². The zero-order chi connectivity index (χ0) is 17.9. The van der Waals surface area contributed by atoms with Crippen LogP contribution in [0.3, 0.4) is 0 Å². The van der Waals surface area contributed by atoms with E-state index in [1.165, 1.54) is 7.11 Å². The third-order valence-electron chi connectivity index (χ3n) is 4.51. The molecule has 2 aliphatic heterocycles. The maximum Gasteiger partial charge on any atom is 0.232 e. The SMILES string of the molecule is CCCCS(=O)(=O)Nc1c(OC)ccc2c1OCCC2N1C=NCC1. The molecule has 1 N–H and O–H groups in total. The van der Waals surface area contributed by atoms with Crippen molar-refractivity contribution < 1.29 is 17.9 Å². The fourth-order valence-corrected chi connectivity index (χ4v) is 4.48. The van der Waals surface area contributed by atoms with E-state index < -0.39 is 10.0 Å². The smallest absolute Gasteiger partial charge is 0.232 e. The van der Waals surface area contributed by atoms with E-state index in [4.69, 9.17) is 9.47 Å². The number of nitrogens with one attached hydrogen (secondary N) is 1. The van der Waals surface area contributed by atoms with E-state index in [1.807, 2.05) is 19.3 Å². The quantitative estimate of drug-likeness (QED) is 0.800. The Bertz CT molecular complexity index is 749. The average Bonchev–Trinajstić information content (AvgIpc) is 3.14. The summed E-state index contributed by atoms with van der Waals surface area (Å²) in [6.45, 7) is 4.15. The van der Waals surface area contributed by atoms with Gasteiger partial charge in [0.15, 0.2) is 5.75 Å². The molecule has 1 unspecified atom stereocenters. The highest BCUT2D eigenvalue weighted by molar-refractivity contribution is 7.92. The molecule has 2 heterocycles. The predicted octanol–water partition coefficient (Wildman–Crippen LogP) is 2.40. The number of methoxy groups -OCH3 is 1. The number of anilines is 1. The summed E-state index contributed by atoms with van der Waals surface area (Å²) in [5.41, 5.74) is 1.37. The second kappa shape index (κ2) is 7.51. The fourth-order valence-electron chi connectivity index (χ4n) is 3.21. The Hall–Kier alpha value is -1.96. The number of ether oxygens (including phenoxy) is 2. The largest absolute Gasteiger partial charge is 0.494 e. The number of unbranched alkanes of at least 4 members (excludes halogenated alkanes) is 1. The van der Waals surface area contributed by atoms with Gasteiger partial charge in [-0.2, -0.15) is 0 Å². The minimum Gasteiger partial charge on any atom is -0.494 e. The highest BCUT2D eigenvalue weighted by Crippen LogP contribution is 2.45. The molecule has 1 aromatic rings. The lowest BCUT2D eigenvalue weighted by atomic mass is 9.98. The summed E-state index contributed by atoms with van der Waals surface area (Å²) < 4.78 is 38.7. The van der Waals surface area contributed by atoms with Gasteiger partial charge in [0.25, 0.3) is 0 Å². The van der Waals surface area contributed by atoms with Crippen LogP contribution >= 0.6 is 0 Å². The first-order valence-electron chi connectivity index (χ1n) is 8.65. The van der Waals surface area contributed by atoms with Crippen LogP contribution in [0.1, 0.15) is 37.8 Å². The van der Waals surface area contributed by atoms with E-state index >= 15 is 0 Å². The van der Waals surface area contributed by atoms with Crippen molar-refractivity contribution in [2.45, 2.75) is 32.2 Å². The van der Waals surface area contributed by atoms with Crippen LogP contribution in [-0.2, 0) is 10.0 Å². The van der Waals surface area contributed by atoms with Crippen LogP contribution in [-0.4, -0.2) is 52.2 Å². The second-order valence-corrected chi connectivity index (χ2v) is 8.09. The predicted molar refractivity (Wildman–Crippen MR) is 98.2 cm³/mol. The van der Waals surface area contributed by atoms with Crippen LogP contribution in [0, 0.1) is 0 Å². The van der Waals surface area contributed by atoms with Crippen molar-refractivity contribution in [2.24, 2.45) is 4.99 Å². The van der Waals surface area contributed by atoms with Crippen molar-refractivity contribution in [1.29, 1.82) is 0 Å². The summed E-state index contributed by atoms with van der Waals surface area (Å²) >= 11 is 0. The van der Waals surface area contributed by atoms with Gasteiger partial charge in [-0.25, -0.2) is 8.42 Å². The number of sulfonamides is 1. The topological polar surface area (TPSA) is 80.2 Å². The summed E-state index contributed by atoms with van der Waals surface area (Å²) in [7, 11) is -1.92. The van der Waals surface area contributed by atoms with Crippen molar-refractivity contribution in [2.75, 3.05) is 37.3 Å². The molecule has 0 saturated heterocycles. The minimum absolute atomic E-state index is 0.0819. The van der Waals surface area contributed by atoms with Gasteiger partial charge in [-0.05, 0) is 18.6 Å². The van der Waals surface area contributed by atoms with Crippen LogP contribution in [0.2, 0.25) is 0 Å². The summed E-state index contributed by atoms with van der Waals surface area (Å²) in [5, 5.41) is 0. The number of rotatable bonds is 7. The van der Waals surface area contributed by atoms with Crippen LogP contribution in [0.25, 0.3) is 0 Å². The van der Waals surface area contributed by atoms with Gasteiger partial charge >= 0.3 is 0 Å². The zero-order valence-corrected chi connectivity index (χ0v) is 15.5. The van der Waals surface area contributed by atoms with Crippen molar-refractivity contribution in [3.8, 4) is 11.5 Å². The lowest BCUT2D eigenvalue weighted by molar-refractivity contribution is 0.210. The van der Waals surface area contributed by atoms with Crippen molar-refractivity contribution in [3.63, 3.8) is 0 Å². The van der Waals surface area contributed by atoms with Crippen LogP contribution in [0.5, 0.6) is 11.5 Å². The monoisotopic (exact) mass is 367 g/mol. The molecule has 0 saturated carbocycles. The molecule has 3 rings (SSSR count). The van der Waals surface area contributed by atoms with Crippen molar-refractivity contribution in [1.82, 2.24) is 4.90 Å². The maximum atomic E-state index is 12.4. The van der Waals surface area contributed by atoms with Crippen LogP contribution < -0.4 is 14.2 Å². The molecule has 1 atom stereocenters. The molecular formula is C17H25N3O4S. The molecule has 0 spiro atoms. The van der Waals surface area contributed by atoms with Crippen molar-refractivity contribution >= 4 is 22.0 Å². The normalized spacial score (nSPS) is 19.4. The summed E-state index contributed by atoms with van der Waals surface area (Å²) in [6.07, 6.45) is 4.14. The maximum absolute atomic E-state index is 12.4. The molecule has 0 aromatic heterocycles. The number of aliphatic imine (C=N–C) groups is 1. The fraction of sp³-hybridized carbons (Fsp3) is 0.588. The molecule has 138 valence electrons. The molecule has 0 amide bonds. The number of benzene rings is 1. The Morgan fingerprint density at radius 1 is 1.44 bits per heavy atom. The first-order valence-corrected chi connectivity index (χ1v) is 10.3. The number of nitrogens with zero attached hydrogens (tertiary/aromatic N) is 2. The van der Waals surface area contributed by atoms with Gasteiger partial charge in [0, 0.05) is 18.5 Å². The van der Waals surface area contributed by atoms with E-state index in [-0.39, 0.29) is 11.8 Å². The lowest BCUT2D eigenvalue weighted by Crippen LogP contribution is -2.31. The minimum atomic E-state index is -3.45. The van der Waals surface area contributed by atoms with E-state index in [9.17, 15) is 8.42 Å².